The van der Waals surface area contributed by atoms with E-state index in [1.807, 2.05) is 30.3 Å². The zero-order valence-electron chi connectivity index (χ0n) is 17.4. The molecular weight excluding hydrogens is 362 g/mol. The van der Waals surface area contributed by atoms with Crippen molar-refractivity contribution in [2.45, 2.75) is 32.6 Å². The second-order valence-corrected chi connectivity index (χ2v) is 8.04. The Bertz CT molecular complexity index is 966. The largest absolute Gasteiger partial charge is 0.340 e. The minimum Gasteiger partial charge on any atom is -0.340 e. The molecule has 0 saturated carbocycles. The highest BCUT2D eigenvalue weighted by Gasteiger charge is 2.19. The van der Waals surface area contributed by atoms with Crippen molar-refractivity contribution < 1.29 is 4.79 Å². The van der Waals surface area contributed by atoms with Gasteiger partial charge in [0.2, 0.25) is 0 Å². The summed E-state index contributed by atoms with van der Waals surface area (Å²) in [6.45, 7) is 7.10. The first-order chi connectivity index (χ1) is 13.8. The molecule has 0 aliphatic heterocycles. The van der Waals surface area contributed by atoms with E-state index in [-0.39, 0.29) is 11.3 Å². The van der Waals surface area contributed by atoms with Crippen LogP contribution in [0.4, 0.5) is 11.5 Å². The van der Waals surface area contributed by atoms with Gasteiger partial charge >= 0.3 is 0 Å². The fourth-order valence-electron chi connectivity index (χ4n) is 3.07. The summed E-state index contributed by atoms with van der Waals surface area (Å²) < 4.78 is 0. The molecule has 29 heavy (non-hydrogen) atoms. The Morgan fingerprint density at radius 2 is 1.79 bits per heavy atom. The third-order valence-electron chi connectivity index (χ3n) is 4.72. The van der Waals surface area contributed by atoms with Gasteiger partial charge in [-0.25, -0.2) is 9.97 Å². The Hall–Kier alpha value is -3.28. The van der Waals surface area contributed by atoms with E-state index in [0.717, 1.165) is 17.7 Å². The van der Waals surface area contributed by atoms with Gasteiger partial charge in [-0.3, -0.25) is 9.78 Å². The van der Waals surface area contributed by atoms with Gasteiger partial charge in [0.05, 0.1) is 0 Å². The Morgan fingerprint density at radius 3 is 2.52 bits per heavy atom. The maximum absolute atomic E-state index is 12.8. The predicted molar refractivity (Wildman–Crippen MR) is 115 cm³/mol. The minimum absolute atomic E-state index is 0.0115. The summed E-state index contributed by atoms with van der Waals surface area (Å²) in [6, 6.07) is 13.7. The van der Waals surface area contributed by atoms with Gasteiger partial charge < -0.3 is 10.2 Å². The molecule has 6 nitrogen and oxygen atoms in total. The van der Waals surface area contributed by atoms with Crippen molar-refractivity contribution in [1.29, 1.82) is 0 Å². The molecule has 2 heterocycles. The SMILES string of the molecule is CN(CCc1ccncc1)C(=O)c1cc(Nc2ccccc2C(C)(C)C)ncn1. The lowest BCUT2D eigenvalue weighted by molar-refractivity contribution is 0.0790. The zero-order valence-corrected chi connectivity index (χ0v) is 17.4. The molecule has 0 aliphatic carbocycles. The number of anilines is 2. The highest BCUT2D eigenvalue weighted by atomic mass is 16.2. The van der Waals surface area contributed by atoms with Gasteiger partial charge in [-0.2, -0.15) is 0 Å². The molecule has 0 bridgehead atoms. The Balaban J connectivity index is 1.72. The van der Waals surface area contributed by atoms with Crippen LogP contribution in [0.25, 0.3) is 0 Å². The molecule has 1 N–H and O–H groups in total. The number of benzene rings is 1. The molecule has 0 fully saturated rings. The van der Waals surface area contributed by atoms with E-state index in [0.29, 0.717) is 18.1 Å². The lowest BCUT2D eigenvalue weighted by Gasteiger charge is -2.23. The van der Waals surface area contributed by atoms with Crippen molar-refractivity contribution in [3.8, 4) is 0 Å². The summed E-state index contributed by atoms with van der Waals surface area (Å²) in [6.07, 6.45) is 5.70. The van der Waals surface area contributed by atoms with Crippen molar-refractivity contribution in [1.82, 2.24) is 19.9 Å². The topological polar surface area (TPSA) is 71.0 Å². The van der Waals surface area contributed by atoms with Crippen molar-refractivity contribution in [2.24, 2.45) is 0 Å². The molecule has 1 amide bonds. The van der Waals surface area contributed by atoms with E-state index in [4.69, 9.17) is 0 Å². The van der Waals surface area contributed by atoms with E-state index >= 15 is 0 Å². The Morgan fingerprint density at radius 1 is 1.07 bits per heavy atom. The van der Waals surface area contributed by atoms with E-state index < -0.39 is 0 Å². The van der Waals surface area contributed by atoms with Gasteiger partial charge in [0.15, 0.2) is 0 Å². The fourth-order valence-corrected chi connectivity index (χ4v) is 3.07. The van der Waals surface area contributed by atoms with Crippen LogP contribution in [0.3, 0.4) is 0 Å². The third-order valence-corrected chi connectivity index (χ3v) is 4.72. The molecule has 0 aliphatic rings. The number of hydrogen-bond donors (Lipinski definition) is 1. The maximum atomic E-state index is 12.8. The first-order valence-electron chi connectivity index (χ1n) is 9.67. The van der Waals surface area contributed by atoms with Crippen LogP contribution in [-0.2, 0) is 11.8 Å². The Kier molecular flexibility index (Phi) is 6.22. The number of carbonyl (C=O) groups is 1. The standard InChI is InChI=1S/C23H27N5O/c1-23(2,3)18-7-5-6-8-19(18)27-21-15-20(25-16-26-21)22(29)28(4)14-11-17-9-12-24-13-10-17/h5-10,12-13,15-16H,11,14H2,1-4H3,(H,25,26,27). The number of pyridine rings is 1. The summed E-state index contributed by atoms with van der Waals surface area (Å²) in [5.74, 6) is 0.469. The van der Waals surface area contributed by atoms with Gasteiger partial charge in [-0.05, 0) is 41.2 Å². The molecule has 2 aromatic heterocycles. The molecule has 150 valence electrons. The normalized spacial score (nSPS) is 11.2. The number of rotatable bonds is 6. The summed E-state index contributed by atoms with van der Waals surface area (Å²) in [5, 5.41) is 3.34. The lowest BCUT2D eigenvalue weighted by Crippen LogP contribution is -2.29. The molecule has 0 saturated heterocycles. The number of hydrogen-bond acceptors (Lipinski definition) is 5. The van der Waals surface area contributed by atoms with Gasteiger partial charge in [0.25, 0.3) is 5.91 Å². The second-order valence-electron chi connectivity index (χ2n) is 8.04. The lowest BCUT2D eigenvalue weighted by atomic mass is 9.86. The summed E-state index contributed by atoms with van der Waals surface area (Å²) in [4.78, 5) is 27.0. The van der Waals surface area contributed by atoms with Crippen molar-refractivity contribution in [3.63, 3.8) is 0 Å². The van der Waals surface area contributed by atoms with Crippen LogP contribution >= 0.6 is 0 Å². The molecule has 0 atom stereocenters. The fraction of sp³-hybridized carbons (Fsp3) is 0.304. The van der Waals surface area contributed by atoms with E-state index in [9.17, 15) is 4.79 Å². The van der Waals surface area contributed by atoms with E-state index in [1.165, 1.54) is 11.9 Å². The number of likely N-dealkylation sites (N-methyl/N-ethyl adjacent to an activating group) is 1. The molecule has 0 radical (unpaired) electrons. The molecule has 1 aromatic carbocycles. The highest BCUT2D eigenvalue weighted by Crippen LogP contribution is 2.30. The van der Waals surface area contributed by atoms with Gasteiger partial charge in [-0.1, -0.05) is 39.0 Å². The minimum atomic E-state index is -0.131. The van der Waals surface area contributed by atoms with Gasteiger partial charge in [0, 0.05) is 37.7 Å². The molecule has 0 unspecified atom stereocenters. The van der Waals surface area contributed by atoms with Crippen LogP contribution in [0.2, 0.25) is 0 Å². The number of carbonyl (C=O) groups excluding carboxylic acids is 1. The summed E-state index contributed by atoms with van der Waals surface area (Å²) >= 11 is 0. The number of nitrogens with zero attached hydrogens (tertiary/aromatic N) is 4. The van der Waals surface area contributed by atoms with Crippen LogP contribution in [0.1, 0.15) is 42.4 Å². The van der Waals surface area contributed by atoms with Crippen molar-refractivity contribution in [3.05, 3.63) is 78.0 Å². The van der Waals surface area contributed by atoms with Crippen LogP contribution in [0.15, 0.2) is 61.2 Å². The average Bonchev–Trinajstić information content (AvgIpc) is 2.72. The van der Waals surface area contributed by atoms with Crippen LogP contribution in [-0.4, -0.2) is 39.4 Å². The quantitative estimate of drug-likeness (QED) is 0.683. The maximum Gasteiger partial charge on any atom is 0.272 e. The van der Waals surface area contributed by atoms with Crippen LogP contribution < -0.4 is 5.32 Å². The monoisotopic (exact) mass is 389 g/mol. The number of amides is 1. The molecule has 3 aromatic rings. The van der Waals surface area contributed by atoms with Crippen molar-refractivity contribution >= 4 is 17.4 Å². The van der Waals surface area contributed by atoms with E-state index in [2.05, 4.69) is 47.1 Å². The van der Waals surface area contributed by atoms with Crippen molar-refractivity contribution in [2.75, 3.05) is 18.9 Å². The van der Waals surface area contributed by atoms with Gasteiger partial charge in [0.1, 0.15) is 17.8 Å². The first-order valence-corrected chi connectivity index (χ1v) is 9.67. The van der Waals surface area contributed by atoms with Crippen LogP contribution in [0, 0.1) is 0 Å². The number of nitrogens with one attached hydrogen (secondary N) is 1. The zero-order chi connectivity index (χ0) is 20.9. The molecule has 6 heteroatoms. The number of para-hydroxylation sites is 1. The summed E-state index contributed by atoms with van der Waals surface area (Å²) in [7, 11) is 1.79. The van der Waals surface area contributed by atoms with Gasteiger partial charge in [-0.15, -0.1) is 0 Å². The summed E-state index contributed by atoms with van der Waals surface area (Å²) in [5.41, 5.74) is 3.66. The highest BCUT2D eigenvalue weighted by molar-refractivity contribution is 5.92. The predicted octanol–water partition coefficient (Wildman–Crippen LogP) is 4.23. The molecular formula is C23H27N5O. The average molecular weight is 390 g/mol. The third kappa shape index (κ3) is 5.38. The Labute approximate surface area is 172 Å². The van der Waals surface area contributed by atoms with E-state index in [1.54, 1.807) is 30.4 Å². The number of aromatic nitrogens is 3. The smallest absolute Gasteiger partial charge is 0.272 e. The first kappa shape index (κ1) is 20.5. The molecule has 0 spiro atoms. The van der Waals surface area contributed by atoms with Crippen LogP contribution in [0.5, 0.6) is 0 Å². The molecule has 3 rings (SSSR count). The second kappa shape index (κ2) is 8.82.